The molecule has 1 aromatic carbocycles. The molecule has 2 unspecified atom stereocenters. The Morgan fingerprint density at radius 3 is 2.62 bits per heavy atom. The third kappa shape index (κ3) is 3.65. The largest absolute Gasteiger partial charge is 0.416 e. The molecule has 116 valence electrons. The predicted molar refractivity (Wildman–Crippen MR) is 73.1 cm³/mol. The molecule has 21 heavy (non-hydrogen) atoms. The Kier molecular flexibility index (Phi) is 4.39. The van der Waals surface area contributed by atoms with E-state index in [9.17, 15) is 23.3 Å². The van der Waals surface area contributed by atoms with Crippen molar-refractivity contribution >= 4 is 11.4 Å². The minimum absolute atomic E-state index is 0.145. The number of hydrogen-bond acceptors (Lipinski definition) is 3. The Labute approximate surface area is 120 Å². The van der Waals surface area contributed by atoms with E-state index in [-0.39, 0.29) is 5.69 Å². The molecule has 0 aromatic heterocycles. The molecule has 0 saturated heterocycles. The minimum Gasteiger partial charge on any atom is -0.379 e. The Morgan fingerprint density at radius 2 is 2.10 bits per heavy atom. The standard InChI is InChI=1S/C14H17F3N2O2/c1-9-3-2-4-10(9)8-18-12-6-5-11(14(15,16)17)7-13(12)19(20)21/h5-7,9-10,18H,2-4,8H2,1H3. The highest BCUT2D eigenvalue weighted by Crippen LogP contribution is 2.36. The number of alkyl halides is 3. The van der Waals surface area contributed by atoms with Gasteiger partial charge in [-0.3, -0.25) is 10.1 Å². The molecule has 0 amide bonds. The third-order valence-corrected chi connectivity index (χ3v) is 4.12. The summed E-state index contributed by atoms with van der Waals surface area (Å²) < 4.78 is 37.8. The van der Waals surface area contributed by atoms with Crippen LogP contribution in [0.4, 0.5) is 24.5 Å². The first kappa shape index (κ1) is 15.6. The van der Waals surface area contributed by atoms with Crippen molar-refractivity contribution in [3.63, 3.8) is 0 Å². The van der Waals surface area contributed by atoms with Crippen molar-refractivity contribution in [2.75, 3.05) is 11.9 Å². The van der Waals surface area contributed by atoms with Gasteiger partial charge in [0.1, 0.15) is 5.69 Å². The van der Waals surface area contributed by atoms with Crippen LogP contribution < -0.4 is 5.32 Å². The van der Waals surface area contributed by atoms with E-state index in [0.29, 0.717) is 24.4 Å². The van der Waals surface area contributed by atoms with Gasteiger partial charge in [-0.2, -0.15) is 13.2 Å². The molecule has 1 aliphatic rings. The van der Waals surface area contributed by atoms with Gasteiger partial charge in [0.15, 0.2) is 0 Å². The number of halogens is 3. The number of nitro benzene ring substituents is 1. The Morgan fingerprint density at radius 1 is 1.38 bits per heavy atom. The molecule has 0 spiro atoms. The molecule has 0 bridgehead atoms. The lowest BCUT2D eigenvalue weighted by atomic mass is 9.98. The lowest BCUT2D eigenvalue weighted by Gasteiger charge is -2.17. The van der Waals surface area contributed by atoms with E-state index >= 15 is 0 Å². The second kappa shape index (κ2) is 5.91. The molecule has 2 rings (SSSR count). The lowest BCUT2D eigenvalue weighted by molar-refractivity contribution is -0.384. The Bertz CT molecular complexity index is 531. The van der Waals surface area contributed by atoms with Crippen LogP contribution >= 0.6 is 0 Å². The molecule has 1 aromatic rings. The maximum Gasteiger partial charge on any atom is 0.416 e. The minimum atomic E-state index is -4.58. The summed E-state index contributed by atoms with van der Waals surface area (Å²) in [6.07, 6.45) is -1.28. The fraction of sp³-hybridized carbons (Fsp3) is 0.571. The van der Waals surface area contributed by atoms with Crippen molar-refractivity contribution in [2.24, 2.45) is 11.8 Å². The number of rotatable bonds is 4. The highest BCUT2D eigenvalue weighted by molar-refractivity contribution is 5.63. The van der Waals surface area contributed by atoms with Crippen LogP contribution in [0.1, 0.15) is 31.7 Å². The van der Waals surface area contributed by atoms with Crippen LogP contribution in [0.5, 0.6) is 0 Å². The van der Waals surface area contributed by atoms with Gasteiger partial charge in [-0.15, -0.1) is 0 Å². The van der Waals surface area contributed by atoms with Gasteiger partial charge in [0.05, 0.1) is 10.5 Å². The zero-order valence-electron chi connectivity index (χ0n) is 11.6. The summed E-state index contributed by atoms with van der Waals surface area (Å²) in [5, 5.41) is 13.9. The van der Waals surface area contributed by atoms with Crippen molar-refractivity contribution < 1.29 is 18.1 Å². The molecule has 1 aliphatic carbocycles. The van der Waals surface area contributed by atoms with Crippen molar-refractivity contribution in [1.29, 1.82) is 0 Å². The third-order valence-electron chi connectivity index (χ3n) is 4.12. The number of nitrogens with zero attached hydrogens (tertiary/aromatic N) is 1. The number of hydrogen-bond donors (Lipinski definition) is 1. The quantitative estimate of drug-likeness (QED) is 0.660. The highest BCUT2D eigenvalue weighted by atomic mass is 19.4. The van der Waals surface area contributed by atoms with E-state index in [1.54, 1.807) is 0 Å². The van der Waals surface area contributed by atoms with Crippen molar-refractivity contribution in [1.82, 2.24) is 0 Å². The molecule has 7 heteroatoms. The second-order valence-corrected chi connectivity index (χ2v) is 5.54. The highest BCUT2D eigenvalue weighted by Gasteiger charge is 2.33. The smallest absolute Gasteiger partial charge is 0.379 e. The average Bonchev–Trinajstić information content (AvgIpc) is 2.80. The molecule has 1 fully saturated rings. The molecule has 1 N–H and O–H groups in total. The summed E-state index contributed by atoms with van der Waals surface area (Å²) in [6.45, 7) is 2.67. The van der Waals surface area contributed by atoms with E-state index in [4.69, 9.17) is 0 Å². The van der Waals surface area contributed by atoms with Crippen molar-refractivity contribution in [3.8, 4) is 0 Å². The van der Waals surface area contributed by atoms with E-state index in [1.807, 2.05) is 0 Å². The van der Waals surface area contributed by atoms with Gasteiger partial charge in [0, 0.05) is 12.6 Å². The first-order valence-electron chi connectivity index (χ1n) is 6.88. The summed E-state index contributed by atoms with van der Waals surface area (Å²) in [5.41, 5.74) is -1.39. The molecule has 2 atom stereocenters. The van der Waals surface area contributed by atoms with Crippen molar-refractivity contribution in [2.45, 2.75) is 32.4 Å². The van der Waals surface area contributed by atoms with Gasteiger partial charge >= 0.3 is 6.18 Å². The zero-order chi connectivity index (χ0) is 15.6. The normalized spacial score (nSPS) is 22.3. The van der Waals surface area contributed by atoms with Crippen LogP contribution in [0.15, 0.2) is 18.2 Å². The average molecular weight is 302 g/mol. The molecule has 1 saturated carbocycles. The molecule has 0 aliphatic heterocycles. The van der Waals surface area contributed by atoms with E-state index in [1.165, 1.54) is 0 Å². The van der Waals surface area contributed by atoms with Crippen LogP contribution in [0.2, 0.25) is 0 Å². The molecule has 0 radical (unpaired) electrons. The van der Waals surface area contributed by atoms with E-state index < -0.39 is 22.4 Å². The van der Waals surface area contributed by atoms with Gasteiger partial charge in [-0.05, 0) is 30.4 Å². The topological polar surface area (TPSA) is 55.2 Å². The molecular formula is C14H17F3N2O2. The van der Waals surface area contributed by atoms with Crippen LogP contribution in [0.25, 0.3) is 0 Å². The number of nitro groups is 1. The first-order chi connectivity index (χ1) is 9.79. The summed E-state index contributed by atoms with van der Waals surface area (Å²) in [5.74, 6) is 0.943. The Hall–Kier alpha value is -1.79. The fourth-order valence-electron chi connectivity index (χ4n) is 2.78. The number of anilines is 1. The summed E-state index contributed by atoms with van der Waals surface area (Å²) >= 11 is 0. The van der Waals surface area contributed by atoms with Gasteiger partial charge in [0.25, 0.3) is 5.69 Å². The van der Waals surface area contributed by atoms with Crippen LogP contribution in [0.3, 0.4) is 0 Å². The first-order valence-corrected chi connectivity index (χ1v) is 6.88. The predicted octanol–water partition coefficient (Wildman–Crippen LogP) is 4.46. The maximum absolute atomic E-state index is 12.6. The monoisotopic (exact) mass is 302 g/mol. The summed E-state index contributed by atoms with van der Waals surface area (Å²) in [4.78, 5) is 10.2. The zero-order valence-corrected chi connectivity index (χ0v) is 11.6. The van der Waals surface area contributed by atoms with Crippen LogP contribution in [-0.4, -0.2) is 11.5 Å². The Balaban J connectivity index is 2.17. The van der Waals surface area contributed by atoms with Gasteiger partial charge in [0.2, 0.25) is 0 Å². The summed E-state index contributed by atoms with van der Waals surface area (Å²) in [6, 6.07) is 2.59. The SMILES string of the molecule is CC1CCCC1CNc1ccc(C(F)(F)F)cc1[N+](=O)[O-]. The number of nitrogens with one attached hydrogen (secondary N) is 1. The van der Waals surface area contributed by atoms with Gasteiger partial charge in [-0.1, -0.05) is 19.8 Å². The van der Waals surface area contributed by atoms with Crippen LogP contribution in [0, 0.1) is 22.0 Å². The maximum atomic E-state index is 12.6. The second-order valence-electron chi connectivity index (χ2n) is 5.54. The number of benzene rings is 1. The van der Waals surface area contributed by atoms with Crippen molar-refractivity contribution in [3.05, 3.63) is 33.9 Å². The van der Waals surface area contributed by atoms with E-state index in [0.717, 1.165) is 31.4 Å². The summed E-state index contributed by atoms with van der Waals surface area (Å²) in [7, 11) is 0. The lowest BCUT2D eigenvalue weighted by Crippen LogP contribution is -2.17. The molecule has 0 heterocycles. The fourth-order valence-corrected chi connectivity index (χ4v) is 2.78. The van der Waals surface area contributed by atoms with Gasteiger partial charge in [-0.25, -0.2) is 0 Å². The van der Waals surface area contributed by atoms with Gasteiger partial charge < -0.3 is 5.32 Å². The van der Waals surface area contributed by atoms with Crippen LogP contribution in [-0.2, 0) is 6.18 Å². The molecule has 4 nitrogen and oxygen atoms in total. The molecular weight excluding hydrogens is 285 g/mol. The van der Waals surface area contributed by atoms with E-state index in [2.05, 4.69) is 12.2 Å².